The van der Waals surface area contributed by atoms with E-state index in [4.69, 9.17) is 12.2 Å². The van der Waals surface area contributed by atoms with E-state index in [1.165, 1.54) is 12.3 Å². The summed E-state index contributed by atoms with van der Waals surface area (Å²) in [6, 6.07) is 6.33. The van der Waals surface area contributed by atoms with Crippen molar-refractivity contribution in [2.45, 2.75) is 6.61 Å². The van der Waals surface area contributed by atoms with Gasteiger partial charge in [0.1, 0.15) is 5.75 Å². The molecule has 0 bridgehead atoms. The predicted molar refractivity (Wildman–Crippen MR) is 65.5 cm³/mol. The molecule has 0 atom stereocenters. The molecule has 17 heavy (non-hydrogen) atoms. The minimum absolute atomic E-state index is 0.0587. The molecular weight excluding hydrogens is 248 g/mol. The molecule has 0 aliphatic carbocycles. The van der Waals surface area contributed by atoms with Gasteiger partial charge in [-0.15, -0.1) is 0 Å². The SMILES string of the molecule is CNC(=S)NN=Cc1ccccc1OC(F)F. The molecule has 0 spiro atoms. The Kier molecular flexibility index (Phi) is 5.28. The lowest BCUT2D eigenvalue weighted by Gasteiger charge is -2.07. The van der Waals surface area contributed by atoms with Crippen LogP contribution in [0.1, 0.15) is 5.56 Å². The largest absolute Gasteiger partial charge is 0.434 e. The summed E-state index contributed by atoms with van der Waals surface area (Å²) in [6.07, 6.45) is 1.35. The van der Waals surface area contributed by atoms with E-state index in [1.807, 2.05) is 0 Å². The number of rotatable bonds is 4. The minimum atomic E-state index is -2.86. The van der Waals surface area contributed by atoms with Crippen LogP contribution < -0.4 is 15.5 Å². The van der Waals surface area contributed by atoms with Gasteiger partial charge < -0.3 is 10.1 Å². The van der Waals surface area contributed by atoms with E-state index < -0.39 is 6.61 Å². The number of nitrogens with zero attached hydrogens (tertiary/aromatic N) is 1. The summed E-state index contributed by atoms with van der Waals surface area (Å²) >= 11 is 4.79. The normalized spacial score (nSPS) is 10.6. The van der Waals surface area contributed by atoms with E-state index >= 15 is 0 Å². The highest BCUT2D eigenvalue weighted by atomic mass is 32.1. The molecule has 1 aromatic rings. The van der Waals surface area contributed by atoms with Gasteiger partial charge in [-0.25, -0.2) is 0 Å². The Morgan fingerprint density at radius 2 is 2.18 bits per heavy atom. The van der Waals surface area contributed by atoms with Crippen LogP contribution in [0.15, 0.2) is 29.4 Å². The fourth-order valence-corrected chi connectivity index (χ4v) is 1.06. The second-order valence-corrected chi connectivity index (χ2v) is 3.27. The number of hydrazone groups is 1. The van der Waals surface area contributed by atoms with Crippen molar-refractivity contribution in [3.8, 4) is 5.75 Å². The smallest absolute Gasteiger partial charge is 0.387 e. The van der Waals surface area contributed by atoms with Crippen LogP contribution in [0, 0.1) is 0 Å². The Morgan fingerprint density at radius 3 is 2.82 bits per heavy atom. The summed E-state index contributed by atoms with van der Waals surface area (Å²) in [5.74, 6) is 0.0587. The van der Waals surface area contributed by atoms with Crippen molar-refractivity contribution < 1.29 is 13.5 Å². The van der Waals surface area contributed by atoms with Crippen molar-refractivity contribution in [2.24, 2.45) is 5.10 Å². The van der Waals surface area contributed by atoms with Crippen LogP contribution in [0.3, 0.4) is 0 Å². The van der Waals surface area contributed by atoms with Crippen molar-refractivity contribution in [3.05, 3.63) is 29.8 Å². The fraction of sp³-hybridized carbons (Fsp3) is 0.200. The second-order valence-electron chi connectivity index (χ2n) is 2.87. The Bertz CT molecular complexity index is 412. The molecule has 4 nitrogen and oxygen atoms in total. The number of thiocarbonyl (C=S) groups is 1. The van der Waals surface area contributed by atoms with Crippen LogP contribution in [0.5, 0.6) is 5.75 Å². The lowest BCUT2D eigenvalue weighted by molar-refractivity contribution is -0.0499. The molecule has 0 aliphatic heterocycles. The van der Waals surface area contributed by atoms with Gasteiger partial charge in [-0.05, 0) is 24.4 Å². The van der Waals surface area contributed by atoms with Gasteiger partial charge in [-0.2, -0.15) is 13.9 Å². The fourth-order valence-electron chi connectivity index (χ4n) is 1.01. The highest BCUT2D eigenvalue weighted by molar-refractivity contribution is 7.80. The van der Waals surface area contributed by atoms with Crippen LogP contribution in [0.25, 0.3) is 0 Å². The molecule has 0 amide bonds. The Morgan fingerprint density at radius 1 is 1.47 bits per heavy atom. The molecule has 0 unspecified atom stereocenters. The number of para-hydroxylation sites is 1. The van der Waals surface area contributed by atoms with E-state index in [-0.39, 0.29) is 5.75 Å². The van der Waals surface area contributed by atoms with E-state index in [0.29, 0.717) is 10.7 Å². The number of ether oxygens (including phenoxy) is 1. The number of hydrogen-bond donors (Lipinski definition) is 2. The molecule has 0 radical (unpaired) electrons. The van der Waals surface area contributed by atoms with Crippen LogP contribution in [-0.2, 0) is 0 Å². The number of alkyl halides is 2. The van der Waals surface area contributed by atoms with Crippen LogP contribution in [0.4, 0.5) is 8.78 Å². The molecule has 0 fully saturated rings. The zero-order chi connectivity index (χ0) is 12.7. The first kappa shape index (κ1) is 13.3. The average molecular weight is 259 g/mol. The van der Waals surface area contributed by atoms with E-state index in [0.717, 1.165) is 0 Å². The van der Waals surface area contributed by atoms with Gasteiger partial charge in [0.15, 0.2) is 5.11 Å². The zero-order valence-corrected chi connectivity index (χ0v) is 9.80. The Labute approximate surface area is 103 Å². The minimum Gasteiger partial charge on any atom is -0.434 e. The summed E-state index contributed by atoms with van der Waals surface area (Å²) < 4.78 is 28.5. The topological polar surface area (TPSA) is 45.7 Å². The lowest BCUT2D eigenvalue weighted by Crippen LogP contribution is -2.28. The van der Waals surface area contributed by atoms with Gasteiger partial charge in [0, 0.05) is 12.6 Å². The molecule has 7 heteroatoms. The van der Waals surface area contributed by atoms with Crippen LogP contribution in [0.2, 0.25) is 0 Å². The van der Waals surface area contributed by atoms with Crippen molar-refractivity contribution >= 4 is 23.5 Å². The van der Waals surface area contributed by atoms with Crippen molar-refractivity contribution in [2.75, 3.05) is 7.05 Å². The lowest BCUT2D eigenvalue weighted by atomic mass is 10.2. The summed E-state index contributed by atoms with van der Waals surface area (Å²) in [7, 11) is 1.64. The zero-order valence-electron chi connectivity index (χ0n) is 8.98. The number of benzene rings is 1. The highest BCUT2D eigenvalue weighted by Gasteiger charge is 2.07. The maximum atomic E-state index is 12.1. The van der Waals surface area contributed by atoms with Gasteiger partial charge in [-0.3, -0.25) is 5.43 Å². The molecule has 92 valence electrons. The molecule has 0 saturated heterocycles. The highest BCUT2D eigenvalue weighted by Crippen LogP contribution is 2.18. The van der Waals surface area contributed by atoms with Gasteiger partial charge in [-0.1, -0.05) is 12.1 Å². The summed E-state index contributed by atoms with van der Waals surface area (Å²) in [6.45, 7) is -2.86. The maximum absolute atomic E-state index is 12.1. The summed E-state index contributed by atoms with van der Waals surface area (Å²) in [5, 5.41) is 6.76. The van der Waals surface area contributed by atoms with Gasteiger partial charge in [0.05, 0.1) is 6.21 Å². The molecule has 0 heterocycles. The maximum Gasteiger partial charge on any atom is 0.387 e. The molecule has 0 saturated carbocycles. The van der Waals surface area contributed by atoms with Crippen LogP contribution >= 0.6 is 12.2 Å². The van der Waals surface area contributed by atoms with Gasteiger partial charge in [0.25, 0.3) is 0 Å². The second kappa shape index (κ2) is 6.74. The third-order valence-electron chi connectivity index (χ3n) is 1.73. The van der Waals surface area contributed by atoms with Crippen LogP contribution in [-0.4, -0.2) is 25.0 Å². The first-order valence-electron chi connectivity index (χ1n) is 4.68. The Balaban J connectivity index is 2.72. The third kappa shape index (κ3) is 4.73. The molecule has 0 aromatic heterocycles. The molecule has 1 rings (SSSR count). The average Bonchev–Trinajstić information content (AvgIpc) is 2.30. The van der Waals surface area contributed by atoms with Crippen molar-refractivity contribution in [1.29, 1.82) is 0 Å². The van der Waals surface area contributed by atoms with E-state index in [9.17, 15) is 8.78 Å². The molecule has 1 aromatic carbocycles. The molecule has 0 aliphatic rings. The van der Waals surface area contributed by atoms with E-state index in [2.05, 4.69) is 20.6 Å². The summed E-state index contributed by atoms with van der Waals surface area (Å²) in [4.78, 5) is 0. The molecule has 2 N–H and O–H groups in total. The molecular formula is C10H11F2N3OS. The van der Waals surface area contributed by atoms with E-state index in [1.54, 1.807) is 25.2 Å². The third-order valence-corrected chi connectivity index (χ3v) is 2.03. The standard InChI is InChI=1S/C10H11F2N3OS/c1-13-10(17)15-14-6-7-4-2-3-5-8(7)16-9(11)12/h2-6,9H,1H3,(H2,13,15,17). The van der Waals surface area contributed by atoms with Gasteiger partial charge >= 0.3 is 6.61 Å². The predicted octanol–water partition coefficient (Wildman–Crippen LogP) is 1.72. The monoisotopic (exact) mass is 259 g/mol. The first-order valence-corrected chi connectivity index (χ1v) is 5.09. The van der Waals surface area contributed by atoms with Gasteiger partial charge in [0.2, 0.25) is 0 Å². The first-order chi connectivity index (χ1) is 8.13. The number of halogens is 2. The quantitative estimate of drug-likeness (QED) is 0.491. The van der Waals surface area contributed by atoms with Crippen molar-refractivity contribution in [3.63, 3.8) is 0 Å². The summed E-state index contributed by atoms with van der Waals surface area (Å²) in [5.41, 5.74) is 2.94. The number of nitrogens with one attached hydrogen (secondary N) is 2. The number of hydrogen-bond acceptors (Lipinski definition) is 3. The van der Waals surface area contributed by atoms with Crippen molar-refractivity contribution in [1.82, 2.24) is 10.7 Å². The Hall–Kier alpha value is -1.76.